The van der Waals surface area contributed by atoms with E-state index in [4.69, 9.17) is 4.74 Å². The average molecular weight is 326 g/mol. The molecule has 0 saturated carbocycles. The minimum Gasteiger partial charge on any atom is -0.370 e. The minimum atomic E-state index is -0.0332. The largest absolute Gasteiger partial charge is 0.370 e. The normalized spacial score (nSPS) is 25.3. The first kappa shape index (κ1) is 15.7. The lowest BCUT2D eigenvalue weighted by atomic mass is 9.90. The van der Waals surface area contributed by atoms with E-state index in [0.717, 1.165) is 45.8 Å². The molecule has 1 aromatic heterocycles. The van der Waals surface area contributed by atoms with Crippen molar-refractivity contribution in [1.29, 1.82) is 0 Å². The van der Waals surface area contributed by atoms with E-state index in [2.05, 4.69) is 51.4 Å². The van der Waals surface area contributed by atoms with Gasteiger partial charge < -0.3 is 9.64 Å². The van der Waals surface area contributed by atoms with E-state index in [1.165, 1.54) is 17.7 Å². The van der Waals surface area contributed by atoms with Gasteiger partial charge in [0.25, 0.3) is 0 Å². The molecule has 1 spiro atoms. The number of anilines is 1. The molecule has 4 rings (SSSR count). The summed E-state index contributed by atoms with van der Waals surface area (Å²) in [6.07, 6.45) is 6.42. The summed E-state index contributed by atoms with van der Waals surface area (Å²) in [5.74, 6) is 0. The van der Waals surface area contributed by atoms with Crippen LogP contribution in [0.1, 0.15) is 18.4 Å². The fourth-order valence-corrected chi connectivity index (χ4v) is 4.07. The lowest BCUT2D eigenvalue weighted by Gasteiger charge is -2.48. The van der Waals surface area contributed by atoms with Crippen molar-refractivity contribution in [2.75, 3.05) is 37.7 Å². The summed E-state index contributed by atoms with van der Waals surface area (Å²) in [6, 6.07) is 10.7. The number of aryl methyl sites for hydroxylation is 1. The van der Waals surface area contributed by atoms with Crippen LogP contribution >= 0.6 is 0 Å². The van der Waals surface area contributed by atoms with Crippen LogP contribution in [0.3, 0.4) is 0 Å². The van der Waals surface area contributed by atoms with Crippen LogP contribution in [0.5, 0.6) is 0 Å². The molecule has 2 aliphatic heterocycles. The molecule has 24 heavy (non-hydrogen) atoms. The third kappa shape index (κ3) is 3.32. The van der Waals surface area contributed by atoms with Gasteiger partial charge in [0.2, 0.25) is 0 Å². The summed E-state index contributed by atoms with van der Waals surface area (Å²) >= 11 is 0. The fourth-order valence-electron chi connectivity index (χ4n) is 4.07. The van der Waals surface area contributed by atoms with Gasteiger partial charge in [0.15, 0.2) is 0 Å². The number of aromatic nitrogens is 2. The Bertz CT molecular complexity index is 667. The molecule has 3 heterocycles. The molecule has 5 nitrogen and oxygen atoms in total. The number of nitrogens with zero attached hydrogens (tertiary/aromatic N) is 4. The van der Waals surface area contributed by atoms with Crippen molar-refractivity contribution >= 4 is 5.69 Å². The van der Waals surface area contributed by atoms with Crippen molar-refractivity contribution in [3.8, 4) is 0 Å². The highest BCUT2D eigenvalue weighted by molar-refractivity contribution is 5.47. The summed E-state index contributed by atoms with van der Waals surface area (Å²) in [5, 5.41) is 4.29. The Morgan fingerprint density at radius 1 is 1.17 bits per heavy atom. The standard InChI is InChI=1S/C19H26N4O/c1-21-13-17(12-20-21)14-22-10-11-24-19(15-22)8-5-9-23(16-19)18-6-3-2-4-7-18/h2-4,6-7,12-13H,5,8-11,14-16H2,1H3. The number of ether oxygens (including phenoxy) is 1. The van der Waals surface area contributed by atoms with Gasteiger partial charge in [-0.2, -0.15) is 5.10 Å². The third-order valence-electron chi connectivity index (χ3n) is 5.15. The molecule has 5 heteroatoms. The lowest BCUT2D eigenvalue weighted by molar-refractivity contribution is -0.116. The van der Waals surface area contributed by atoms with Gasteiger partial charge in [-0.3, -0.25) is 9.58 Å². The number of morpholine rings is 1. The molecule has 2 fully saturated rings. The van der Waals surface area contributed by atoms with E-state index in [0.29, 0.717) is 0 Å². The molecule has 1 aromatic carbocycles. The number of benzene rings is 1. The van der Waals surface area contributed by atoms with Crippen molar-refractivity contribution in [1.82, 2.24) is 14.7 Å². The summed E-state index contributed by atoms with van der Waals surface area (Å²) < 4.78 is 8.21. The summed E-state index contributed by atoms with van der Waals surface area (Å²) in [5.41, 5.74) is 2.56. The van der Waals surface area contributed by atoms with E-state index in [-0.39, 0.29) is 5.60 Å². The molecule has 0 aliphatic carbocycles. The Hall–Kier alpha value is -1.85. The Balaban J connectivity index is 1.45. The maximum absolute atomic E-state index is 6.33. The minimum absolute atomic E-state index is 0.0332. The van der Waals surface area contributed by atoms with Crippen molar-refractivity contribution < 1.29 is 4.74 Å². The first-order valence-corrected chi connectivity index (χ1v) is 8.86. The number of para-hydroxylation sites is 1. The van der Waals surface area contributed by atoms with Gasteiger partial charge in [0.1, 0.15) is 0 Å². The summed E-state index contributed by atoms with van der Waals surface area (Å²) in [7, 11) is 1.98. The number of piperidine rings is 1. The van der Waals surface area contributed by atoms with Crippen LogP contribution in [0.4, 0.5) is 5.69 Å². The zero-order valence-corrected chi connectivity index (χ0v) is 14.4. The first-order chi connectivity index (χ1) is 11.7. The van der Waals surface area contributed by atoms with Gasteiger partial charge in [-0.05, 0) is 25.0 Å². The first-order valence-electron chi connectivity index (χ1n) is 8.86. The second kappa shape index (κ2) is 6.57. The predicted octanol–water partition coefficient (Wildman–Crippen LogP) is 2.29. The van der Waals surface area contributed by atoms with E-state index >= 15 is 0 Å². The molecule has 0 bridgehead atoms. The van der Waals surface area contributed by atoms with E-state index < -0.39 is 0 Å². The number of hydrogen-bond donors (Lipinski definition) is 0. The van der Waals surface area contributed by atoms with Crippen molar-refractivity contribution in [2.24, 2.45) is 7.05 Å². The molecule has 0 radical (unpaired) electrons. The van der Waals surface area contributed by atoms with Gasteiger partial charge in [0, 0.05) is 57.2 Å². The van der Waals surface area contributed by atoms with Crippen LogP contribution in [0.2, 0.25) is 0 Å². The van der Waals surface area contributed by atoms with Gasteiger partial charge in [-0.25, -0.2) is 0 Å². The molecular weight excluding hydrogens is 300 g/mol. The topological polar surface area (TPSA) is 33.5 Å². The molecule has 1 atom stereocenters. The maximum Gasteiger partial charge on any atom is 0.0983 e. The summed E-state index contributed by atoms with van der Waals surface area (Å²) in [4.78, 5) is 5.01. The number of rotatable bonds is 3. The maximum atomic E-state index is 6.33. The molecule has 2 aromatic rings. The van der Waals surface area contributed by atoms with Crippen LogP contribution in [-0.4, -0.2) is 53.1 Å². The second-order valence-corrected chi connectivity index (χ2v) is 7.13. The zero-order valence-electron chi connectivity index (χ0n) is 14.4. The zero-order chi connectivity index (χ0) is 16.4. The Kier molecular flexibility index (Phi) is 4.29. The highest BCUT2D eigenvalue weighted by Crippen LogP contribution is 2.32. The monoisotopic (exact) mass is 326 g/mol. The van der Waals surface area contributed by atoms with E-state index in [1.54, 1.807) is 0 Å². The van der Waals surface area contributed by atoms with Crippen LogP contribution in [0.25, 0.3) is 0 Å². The third-order valence-corrected chi connectivity index (χ3v) is 5.15. The van der Waals surface area contributed by atoms with E-state index in [9.17, 15) is 0 Å². The average Bonchev–Trinajstić information content (AvgIpc) is 3.01. The van der Waals surface area contributed by atoms with Gasteiger partial charge in [-0.1, -0.05) is 18.2 Å². The Morgan fingerprint density at radius 2 is 2.04 bits per heavy atom. The lowest BCUT2D eigenvalue weighted by Crippen LogP contribution is -2.59. The van der Waals surface area contributed by atoms with Gasteiger partial charge >= 0.3 is 0 Å². The highest BCUT2D eigenvalue weighted by atomic mass is 16.5. The van der Waals surface area contributed by atoms with Crippen molar-refractivity contribution in [3.05, 3.63) is 48.3 Å². The van der Waals surface area contributed by atoms with Gasteiger partial charge in [-0.15, -0.1) is 0 Å². The second-order valence-electron chi connectivity index (χ2n) is 7.13. The Labute approximate surface area is 143 Å². The number of hydrogen-bond acceptors (Lipinski definition) is 4. The molecule has 128 valence electrons. The Morgan fingerprint density at radius 3 is 2.83 bits per heavy atom. The molecule has 2 aliphatic rings. The molecule has 0 N–H and O–H groups in total. The van der Waals surface area contributed by atoms with Crippen LogP contribution in [-0.2, 0) is 18.3 Å². The summed E-state index contributed by atoms with van der Waals surface area (Å²) in [6.45, 7) is 5.90. The molecule has 0 amide bonds. The van der Waals surface area contributed by atoms with Crippen LogP contribution < -0.4 is 4.90 Å². The van der Waals surface area contributed by atoms with Crippen LogP contribution in [0.15, 0.2) is 42.7 Å². The predicted molar refractivity (Wildman–Crippen MR) is 95.1 cm³/mol. The molecule has 2 saturated heterocycles. The quantitative estimate of drug-likeness (QED) is 0.867. The van der Waals surface area contributed by atoms with Crippen molar-refractivity contribution in [2.45, 2.75) is 25.0 Å². The fraction of sp³-hybridized carbons (Fsp3) is 0.526. The van der Waals surface area contributed by atoms with E-state index in [1.807, 2.05) is 17.9 Å². The molecular formula is C19H26N4O. The van der Waals surface area contributed by atoms with Gasteiger partial charge in [0.05, 0.1) is 18.4 Å². The van der Waals surface area contributed by atoms with Crippen molar-refractivity contribution in [3.63, 3.8) is 0 Å². The van der Waals surface area contributed by atoms with Crippen LogP contribution in [0, 0.1) is 0 Å². The molecule has 1 unspecified atom stereocenters. The smallest absolute Gasteiger partial charge is 0.0983 e. The SMILES string of the molecule is Cn1cc(CN2CCOC3(CCCN(c4ccccc4)C3)C2)cn1. The highest BCUT2D eigenvalue weighted by Gasteiger charge is 2.40.